The van der Waals surface area contributed by atoms with Crippen molar-refractivity contribution in [2.45, 2.75) is 9.92 Å². The highest BCUT2D eigenvalue weighted by molar-refractivity contribution is 9.10. The van der Waals surface area contributed by atoms with Gasteiger partial charge in [-0.25, -0.2) is 9.97 Å². The monoisotopic (exact) mass is 300 g/mol. The van der Waals surface area contributed by atoms with Gasteiger partial charge in [-0.1, -0.05) is 23.4 Å². The summed E-state index contributed by atoms with van der Waals surface area (Å²) in [6.07, 6.45) is 3.45. The molecule has 0 aliphatic heterocycles. The Morgan fingerprint density at radius 2 is 2.07 bits per heavy atom. The average Bonchev–Trinajstić information content (AvgIpc) is 2.22. The molecule has 0 amide bonds. The predicted octanol–water partition coefficient (Wildman–Crippen LogP) is 4.04. The number of hydrogen-bond acceptors (Lipinski definition) is 3. The van der Waals surface area contributed by atoms with Gasteiger partial charge in [-0.05, 0) is 40.2 Å². The van der Waals surface area contributed by atoms with Gasteiger partial charge in [0.05, 0.1) is 0 Å². The maximum absolute atomic E-state index is 5.78. The van der Waals surface area contributed by atoms with E-state index in [1.165, 1.54) is 0 Å². The summed E-state index contributed by atoms with van der Waals surface area (Å²) < 4.78 is 0.972. The summed E-state index contributed by atoms with van der Waals surface area (Å²) in [5.74, 6) is 0. The second kappa shape index (κ2) is 4.96. The van der Waals surface area contributed by atoms with Gasteiger partial charge in [-0.15, -0.1) is 0 Å². The molecule has 2 nitrogen and oxygen atoms in total. The minimum Gasteiger partial charge on any atom is -0.248 e. The molecule has 76 valence electrons. The van der Waals surface area contributed by atoms with Crippen molar-refractivity contribution in [3.05, 3.63) is 46.3 Å². The minimum atomic E-state index is 0.497. The van der Waals surface area contributed by atoms with Crippen molar-refractivity contribution in [2.75, 3.05) is 0 Å². The molecule has 0 saturated heterocycles. The van der Waals surface area contributed by atoms with Crippen molar-refractivity contribution in [3.63, 3.8) is 0 Å². The summed E-state index contributed by atoms with van der Waals surface area (Å²) in [4.78, 5) is 9.21. The Hall–Kier alpha value is -0.580. The third kappa shape index (κ3) is 3.19. The van der Waals surface area contributed by atoms with Gasteiger partial charge in [0.25, 0.3) is 0 Å². The van der Waals surface area contributed by atoms with Crippen LogP contribution in [-0.4, -0.2) is 9.97 Å². The topological polar surface area (TPSA) is 25.8 Å². The molecule has 0 aliphatic carbocycles. The molecule has 0 aromatic carbocycles. The summed E-state index contributed by atoms with van der Waals surface area (Å²) in [7, 11) is 0. The van der Waals surface area contributed by atoms with Crippen molar-refractivity contribution in [1.29, 1.82) is 0 Å². The van der Waals surface area contributed by atoms with Gasteiger partial charge in [-0.2, -0.15) is 0 Å². The molecule has 15 heavy (non-hydrogen) atoms. The zero-order valence-electron chi connectivity index (χ0n) is 7.52. The quantitative estimate of drug-likeness (QED) is 0.783. The van der Waals surface area contributed by atoms with Crippen LogP contribution in [0.1, 0.15) is 0 Å². The number of aromatic nitrogens is 2. The molecule has 0 atom stereocenters. The van der Waals surface area contributed by atoms with E-state index < -0.39 is 0 Å². The first-order chi connectivity index (χ1) is 7.24. The Labute approximate surface area is 105 Å². The summed E-state index contributed by atoms with van der Waals surface area (Å²) in [6, 6.07) is 7.62. The van der Waals surface area contributed by atoms with E-state index in [1.807, 2.05) is 24.3 Å². The Bertz CT molecular complexity index is 461. The Morgan fingerprint density at radius 1 is 1.20 bits per heavy atom. The molecule has 0 saturated carbocycles. The van der Waals surface area contributed by atoms with E-state index in [2.05, 4.69) is 25.9 Å². The van der Waals surface area contributed by atoms with E-state index in [1.54, 1.807) is 24.2 Å². The predicted molar refractivity (Wildman–Crippen MR) is 65.3 cm³/mol. The molecular weight excluding hydrogens is 296 g/mol. The number of halogens is 2. The van der Waals surface area contributed by atoms with Crippen molar-refractivity contribution in [2.24, 2.45) is 0 Å². The Balaban J connectivity index is 2.18. The van der Waals surface area contributed by atoms with Crippen LogP contribution in [0.15, 0.2) is 51.1 Å². The van der Waals surface area contributed by atoms with E-state index >= 15 is 0 Å². The highest BCUT2D eigenvalue weighted by Crippen LogP contribution is 2.27. The summed E-state index contributed by atoms with van der Waals surface area (Å²) >= 11 is 10.7. The SMILES string of the molecule is Clc1cc(Sc2ccc(Br)cn2)ccn1. The van der Waals surface area contributed by atoms with Crippen molar-refractivity contribution >= 4 is 39.3 Å². The maximum Gasteiger partial charge on any atom is 0.130 e. The lowest BCUT2D eigenvalue weighted by Crippen LogP contribution is -1.80. The fourth-order valence-electron chi connectivity index (χ4n) is 0.992. The molecule has 0 N–H and O–H groups in total. The highest BCUT2D eigenvalue weighted by atomic mass is 79.9. The van der Waals surface area contributed by atoms with Crippen LogP contribution >= 0.6 is 39.3 Å². The van der Waals surface area contributed by atoms with Gasteiger partial charge >= 0.3 is 0 Å². The lowest BCUT2D eigenvalue weighted by molar-refractivity contribution is 1.12. The van der Waals surface area contributed by atoms with Gasteiger partial charge < -0.3 is 0 Å². The third-order valence-corrected chi connectivity index (χ3v) is 3.24. The number of hydrogen-bond donors (Lipinski definition) is 0. The zero-order valence-corrected chi connectivity index (χ0v) is 10.7. The fourth-order valence-corrected chi connectivity index (χ4v) is 2.25. The molecule has 0 aliphatic rings. The molecule has 0 bridgehead atoms. The largest absolute Gasteiger partial charge is 0.248 e. The van der Waals surface area contributed by atoms with E-state index in [9.17, 15) is 0 Å². The van der Waals surface area contributed by atoms with Crippen LogP contribution in [0.25, 0.3) is 0 Å². The first kappa shape index (κ1) is 10.9. The van der Waals surface area contributed by atoms with Gasteiger partial charge in [0.2, 0.25) is 0 Å². The highest BCUT2D eigenvalue weighted by Gasteiger charge is 1.99. The molecule has 0 unspecified atom stereocenters. The van der Waals surface area contributed by atoms with Crippen molar-refractivity contribution in [3.8, 4) is 0 Å². The van der Waals surface area contributed by atoms with Gasteiger partial charge in [0.1, 0.15) is 10.2 Å². The normalized spacial score (nSPS) is 10.3. The van der Waals surface area contributed by atoms with E-state index in [-0.39, 0.29) is 0 Å². The second-order valence-corrected chi connectivity index (χ2v) is 5.13. The van der Waals surface area contributed by atoms with Gasteiger partial charge in [0.15, 0.2) is 0 Å². The summed E-state index contributed by atoms with van der Waals surface area (Å²) in [6.45, 7) is 0. The molecule has 0 radical (unpaired) electrons. The van der Waals surface area contributed by atoms with E-state index in [4.69, 9.17) is 11.6 Å². The van der Waals surface area contributed by atoms with Crippen LogP contribution in [0, 0.1) is 0 Å². The smallest absolute Gasteiger partial charge is 0.130 e. The second-order valence-electron chi connectivity index (χ2n) is 2.73. The minimum absolute atomic E-state index is 0.497. The molecule has 2 heterocycles. The number of rotatable bonds is 2. The van der Waals surface area contributed by atoms with Crippen LogP contribution in [0.4, 0.5) is 0 Å². The lowest BCUT2D eigenvalue weighted by Gasteiger charge is -2.00. The molecule has 2 aromatic rings. The van der Waals surface area contributed by atoms with E-state index in [0.717, 1.165) is 14.4 Å². The molecule has 5 heteroatoms. The van der Waals surface area contributed by atoms with Gasteiger partial charge in [0, 0.05) is 21.8 Å². The van der Waals surface area contributed by atoms with Crippen LogP contribution < -0.4 is 0 Å². The first-order valence-corrected chi connectivity index (χ1v) is 6.14. The number of nitrogens with zero attached hydrogens (tertiary/aromatic N) is 2. The van der Waals surface area contributed by atoms with Crippen LogP contribution in [0.5, 0.6) is 0 Å². The summed E-state index contributed by atoms with van der Waals surface area (Å²) in [5.41, 5.74) is 0. The first-order valence-electron chi connectivity index (χ1n) is 4.15. The number of pyridine rings is 2. The molecule has 2 rings (SSSR count). The van der Waals surface area contributed by atoms with Crippen LogP contribution in [0.3, 0.4) is 0 Å². The third-order valence-electron chi connectivity index (χ3n) is 1.62. The maximum atomic E-state index is 5.78. The zero-order chi connectivity index (χ0) is 10.7. The van der Waals surface area contributed by atoms with Gasteiger partial charge in [-0.3, -0.25) is 0 Å². The molecule has 2 aromatic heterocycles. The van der Waals surface area contributed by atoms with Crippen LogP contribution in [0.2, 0.25) is 5.15 Å². The summed E-state index contributed by atoms with van der Waals surface area (Å²) in [5, 5.41) is 1.43. The van der Waals surface area contributed by atoms with Crippen LogP contribution in [-0.2, 0) is 0 Å². The van der Waals surface area contributed by atoms with Crippen molar-refractivity contribution in [1.82, 2.24) is 9.97 Å². The molecule has 0 fully saturated rings. The Kier molecular flexibility index (Phi) is 3.61. The average molecular weight is 302 g/mol. The standard InChI is InChI=1S/C10H6BrClN2S/c11-7-1-2-10(14-6-7)15-8-3-4-13-9(12)5-8/h1-6H. The molecular formula is C10H6BrClN2S. The van der Waals surface area contributed by atoms with E-state index in [0.29, 0.717) is 5.15 Å². The van der Waals surface area contributed by atoms with Crippen molar-refractivity contribution < 1.29 is 0 Å². The fraction of sp³-hybridized carbons (Fsp3) is 0. The Morgan fingerprint density at radius 3 is 2.73 bits per heavy atom. The molecule has 0 spiro atoms. The lowest BCUT2D eigenvalue weighted by atomic mass is 10.5.